The summed E-state index contributed by atoms with van der Waals surface area (Å²) in [5.74, 6) is -0.206. The van der Waals surface area contributed by atoms with Crippen LogP contribution in [0.2, 0.25) is 0 Å². The van der Waals surface area contributed by atoms with Crippen LogP contribution in [-0.2, 0) is 0 Å². The summed E-state index contributed by atoms with van der Waals surface area (Å²) in [7, 11) is 0. The van der Waals surface area contributed by atoms with E-state index in [1.54, 1.807) is 18.2 Å². The van der Waals surface area contributed by atoms with Gasteiger partial charge in [-0.05, 0) is 37.8 Å². The first-order chi connectivity index (χ1) is 9.15. The Morgan fingerprint density at radius 3 is 2.74 bits per heavy atom. The molecule has 106 valence electrons. The quantitative estimate of drug-likeness (QED) is 0.797. The van der Waals surface area contributed by atoms with E-state index in [9.17, 15) is 9.50 Å². The van der Waals surface area contributed by atoms with E-state index in [1.807, 2.05) is 0 Å². The van der Waals surface area contributed by atoms with Crippen LogP contribution in [0.1, 0.15) is 32.6 Å². The van der Waals surface area contributed by atoms with Crippen LogP contribution in [0.15, 0.2) is 24.3 Å². The molecule has 1 saturated carbocycles. The molecule has 4 heteroatoms. The number of nitrogens with one attached hydrogen (secondary N) is 1. The molecule has 1 aliphatic carbocycles. The van der Waals surface area contributed by atoms with Crippen LogP contribution in [0.3, 0.4) is 0 Å². The lowest BCUT2D eigenvalue weighted by molar-refractivity contribution is 0.0797. The summed E-state index contributed by atoms with van der Waals surface area (Å²) in [6.07, 6.45) is 4.05. The first-order valence-corrected chi connectivity index (χ1v) is 6.96. The van der Waals surface area contributed by atoms with Gasteiger partial charge in [0, 0.05) is 12.1 Å². The molecule has 0 heterocycles. The SMILES string of the molecule is CCC1(NCC(O)COc2ccccc2F)CCC1. The third-order valence-corrected chi connectivity index (χ3v) is 3.97. The number of halogens is 1. The predicted molar refractivity (Wildman–Crippen MR) is 72.8 cm³/mol. The number of rotatable bonds is 7. The van der Waals surface area contributed by atoms with Gasteiger partial charge < -0.3 is 15.2 Å². The Hall–Kier alpha value is -1.13. The molecule has 0 spiro atoms. The van der Waals surface area contributed by atoms with Gasteiger partial charge in [0.25, 0.3) is 0 Å². The van der Waals surface area contributed by atoms with Crippen molar-refractivity contribution < 1.29 is 14.2 Å². The topological polar surface area (TPSA) is 41.5 Å². The van der Waals surface area contributed by atoms with Gasteiger partial charge in [0.1, 0.15) is 12.7 Å². The van der Waals surface area contributed by atoms with Crippen LogP contribution in [0.25, 0.3) is 0 Å². The van der Waals surface area contributed by atoms with Crippen molar-refractivity contribution in [1.29, 1.82) is 0 Å². The molecule has 1 aromatic rings. The average molecular weight is 267 g/mol. The Morgan fingerprint density at radius 2 is 2.16 bits per heavy atom. The van der Waals surface area contributed by atoms with E-state index in [4.69, 9.17) is 4.74 Å². The molecular formula is C15H22FNO2. The molecule has 0 amide bonds. The Morgan fingerprint density at radius 1 is 1.42 bits per heavy atom. The minimum Gasteiger partial charge on any atom is -0.488 e. The van der Waals surface area contributed by atoms with Crippen LogP contribution in [0.5, 0.6) is 5.75 Å². The zero-order chi connectivity index (χ0) is 13.7. The maximum absolute atomic E-state index is 13.3. The van der Waals surface area contributed by atoms with Crippen LogP contribution in [0.4, 0.5) is 4.39 Å². The van der Waals surface area contributed by atoms with E-state index in [1.165, 1.54) is 25.3 Å². The highest BCUT2D eigenvalue weighted by Crippen LogP contribution is 2.34. The van der Waals surface area contributed by atoms with Crippen LogP contribution in [0, 0.1) is 5.82 Å². The number of hydrogen-bond acceptors (Lipinski definition) is 3. The van der Waals surface area contributed by atoms with Crippen molar-refractivity contribution in [1.82, 2.24) is 5.32 Å². The fourth-order valence-electron chi connectivity index (χ4n) is 2.40. The number of aliphatic hydroxyl groups is 1. The normalized spacial score (nSPS) is 18.7. The molecule has 0 aliphatic heterocycles. The van der Waals surface area contributed by atoms with Gasteiger partial charge >= 0.3 is 0 Å². The van der Waals surface area contributed by atoms with E-state index >= 15 is 0 Å². The zero-order valence-electron chi connectivity index (χ0n) is 11.4. The minimum absolute atomic E-state index is 0.105. The smallest absolute Gasteiger partial charge is 0.165 e. The zero-order valence-corrected chi connectivity index (χ0v) is 11.4. The summed E-state index contributed by atoms with van der Waals surface area (Å²) in [4.78, 5) is 0. The van der Waals surface area contributed by atoms with Gasteiger partial charge in [0.05, 0.1) is 0 Å². The molecular weight excluding hydrogens is 245 g/mol. The van der Waals surface area contributed by atoms with Crippen LogP contribution in [-0.4, -0.2) is 29.9 Å². The standard InChI is InChI=1S/C15H22FNO2/c1-2-15(8-5-9-15)17-10-12(18)11-19-14-7-4-3-6-13(14)16/h3-4,6-7,12,17-18H,2,5,8-11H2,1H3. The van der Waals surface area contributed by atoms with Gasteiger partial charge in [-0.1, -0.05) is 19.1 Å². The van der Waals surface area contributed by atoms with E-state index in [-0.39, 0.29) is 17.9 Å². The lowest BCUT2D eigenvalue weighted by Crippen LogP contribution is -2.53. The Bertz CT molecular complexity index is 401. The summed E-state index contributed by atoms with van der Waals surface area (Å²) >= 11 is 0. The maximum atomic E-state index is 13.3. The molecule has 0 saturated heterocycles. The molecule has 1 atom stereocenters. The van der Waals surface area contributed by atoms with Crippen LogP contribution >= 0.6 is 0 Å². The molecule has 2 rings (SSSR count). The van der Waals surface area contributed by atoms with Crippen molar-refractivity contribution >= 4 is 0 Å². The monoisotopic (exact) mass is 267 g/mol. The first-order valence-electron chi connectivity index (χ1n) is 6.96. The number of benzene rings is 1. The molecule has 19 heavy (non-hydrogen) atoms. The molecule has 1 aliphatic rings. The fraction of sp³-hybridized carbons (Fsp3) is 0.600. The Kier molecular flexibility index (Phi) is 4.77. The van der Waals surface area contributed by atoms with Crippen molar-refractivity contribution in [3.8, 4) is 5.75 Å². The molecule has 1 aromatic carbocycles. The summed E-state index contributed by atoms with van der Waals surface area (Å²) in [6, 6.07) is 6.24. The van der Waals surface area contributed by atoms with Gasteiger partial charge in [0.2, 0.25) is 0 Å². The van der Waals surface area contributed by atoms with Gasteiger partial charge in [-0.25, -0.2) is 4.39 Å². The molecule has 0 radical (unpaired) electrons. The van der Waals surface area contributed by atoms with Gasteiger partial charge in [-0.2, -0.15) is 0 Å². The van der Waals surface area contributed by atoms with Gasteiger partial charge in [0.15, 0.2) is 11.6 Å². The van der Waals surface area contributed by atoms with E-state index < -0.39 is 11.9 Å². The molecule has 2 N–H and O–H groups in total. The summed E-state index contributed by atoms with van der Waals surface area (Å²) in [5, 5.41) is 13.3. The van der Waals surface area contributed by atoms with Crippen molar-refractivity contribution in [3.63, 3.8) is 0 Å². The van der Waals surface area contributed by atoms with Crippen molar-refractivity contribution in [2.45, 2.75) is 44.2 Å². The largest absolute Gasteiger partial charge is 0.488 e. The highest BCUT2D eigenvalue weighted by Gasteiger charge is 2.34. The molecule has 3 nitrogen and oxygen atoms in total. The summed E-state index contributed by atoms with van der Waals surface area (Å²) in [5.41, 5.74) is 0.207. The average Bonchev–Trinajstić information content (AvgIpc) is 2.37. The molecule has 0 bridgehead atoms. The Labute approximate surface area is 113 Å². The third-order valence-electron chi connectivity index (χ3n) is 3.97. The van der Waals surface area contributed by atoms with Crippen molar-refractivity contribution in [2.24, 2.45) is 0 Å². The van der Waals surface area contributed by atoms with Crippen LogP contribution < -0.4 is 10.1 Å². The minimum atomic E-state index is -0.622. The predicted octanol–water partition coefficient (Wildman–Crippen LogP) is 2.49. The second-order valence-electron chi connectivity index (χ2n) is 5.26. The second-order valence-corrected chi connectivity index (χ2v) is 5.26. The van der Waals surface area contributed by atoms with Crippen molar-refractivity contribution in [2.75, 3.05) is 13.2 Å². The maximum Gasteiger partial charge on any atom is 0.165 e. The number of ether oxygens (including phenoxy) is 1. The number of β-amino-alcohol motifs (C(OH)–C–C–N with tert-alkyl or cyclic N) is 1. The molecule has 1 unspecified atom stereocenters. The summed E-state index contributed by atoms with van der Waals surface area (Å²) < 4.78 is 18.6. The third kappa shape index (κ3) is 3.67. The van der Waals surface area contributed by atoms with E-state index in [2.05, 4.69) is 12.2 Å². The van der Waals surface area contributed by atoms with E-state index in [0.29, 0.717) is 6.54 Å². The van der Waals surface area contributed by atoms with Crippen molar-refractivity contribution in [3.05, 3.63) is 30.1 Å². The molecule has 1 fully saturated rings. The lowest BCUT2D eigenvalue weighted by Gasteiger charge is -2.42. The summed E-state index contributed by atoms with van der Waals surface area (Å²) in [6.45, 7) is 2.75. The number of hydrogen-bond donors (Lipinski definition) is 2. The second kappa shape index (κ2) is 6.35. The van der Waals surface area contributed by atoms with Gasteiger partial charge in [-0.3, -0.25) is 0 Å². The first kappa shape index (κ1) is 14.3. The highest BCUT2D eigenvalue weighted by molar-refractivity contribution is 5.23. The number of aliphatic hydroxyl groups excluding tert-OH is 1. The Balaban J connectivity index is 1.73. The van der Waals surface area contributed by atoms with Gasteiger partial charge in [-0.15, -0.1) is 0 Å². The van der Waals surface area contributed by atoms with E-state index in [0.717, 1.165) is 6.42 Å². The number of para-hydroxylation sites is 1. The highest BCUT2D eigenvalue weighted by atomic mass is 19.1. The molecule has 0 aromatic heterocycles. The lowest BCUT2D eigenvalue weighted by atomic mass is 9.75. The fourth-order valence-corrected chi connectivity index (χ4v) is 2.40.